The Hall–Kier alpha value is -1.65. The Balaban J connectivity index is 2.22. The maximum Gasteiger partial charge on any atom is 0.272 e. The molecule has 20 heavy (non-hydrogen) atoms. The van der Waals surface area contributed by atoms with E-state index in [1.54, 1.807) is 18.0 Å². The number of pyridine rings is 1. The highest BCUT2D eigenvalue weighted by Gasteiger charge is 2.15. The zero-order chi connectivity index (χ0) is 14.5. The van der Waals surface area contributed by atoms with Gasteiger partial charge in [0.2, 0.25) is 0 Å². The number of nitrogens with zero attached hydrogens (tertiary/aromatic N) is 2. The molecule has 1 aromatic heterocycles. The number of rotatable bonds is 5. The second-order valence-electron chi connectivity index (χ2n) is 4.43. The molecular weight excluding hydrogens is 276 g/mol. The van der Waals surface area contributed by atoms with Crippen LogP contribution in [0.1, 0.15) is 17.4 Å². The van der Waals surface area contributed by atoms with Crippen LogP contribution in [0.15, 0.2) is 30.3 Å². The summed E-state index contributed by atoms with van der Waals surface area (Å²) in [5, 5.41) is 1.39. The maximum atomic E-state index is 12.3. The summed E-state index contributed by atoms with van der Waals surface area (Å²) in [5.41, 5.74) is 1.08. The number of ether oxygens (including phenoxy) is 1. The van der Waals surface area contributed by atoms with Crippen molar-refractivity contribution >= 4 is 28.4 Å². The topological polar surface area (TPSA) is 42.4 Å². The number of aromatic nitrogens is 1. The van der Waals surface area contributed by atoms with Crippen LogP contribution in [-0.2, 0) is 4.74 Å². The molecule has 0 aliphatic rings. The minimum Gasteiger partial charge on any atom is -0.380 e. The van der Waals surface area contributed by atoms with Crippen molar-refractivity contribution in [2.24, 2.45) is 0 Å². The van der Waals surface area contributed by atoms with Gasteiger partial charge in [-0.3, -0.25) is 4.79 Å². The average molecular weight is 293 g/mol. The van der Waals surface area contributed by atoms with Crippen molar-refractivity contribution in [3.63, 3.8) is 0 Å². The molecule has 0 radical (unpaired) electrons. The third-order valence-corrected chi connectivity index (χ3v) is 3.32. The van der Waals surface area contributed by atoms with E-state index in [4.69, 9.17) is 16.3 Å². The standard InChI is InChI=1S/C15H17ClN2O2/c1-3-20-9-8-18(2)15(19)14-10-12(16)11-6-4-5-7-13(11)17-14/h4-7,10H,3,8-9H2,1-2H3. The molecule has 0 bridgehead atoms. The van der Waals surface area contributed by atoms with Gasteiger partial charge in [-0.25, -0.2) is 4.98 Å². The second kappa shape index (κ2) is 6.68. The zero-order valence-corrected chi connectivity index (χ0v) is 12.4. The lowest BCUT2D eigenvalue weighted by atomic mass is 10.2. The molecular formula is C15H17ClN2O2. The molecule has 0 atom stereocenters. The molecule has 2 rings (SSSR count). The van der Waals surface area contributed by atoms with Gasteiger partial charge in [-0.1, -0.05) is 29.8 Å². The van der Waals surface area contributed by atoms with Gasteiger partial charge in [-0.2, -0.15) is 0 Å². The Kier molecular flexibility index (Phi) is 4.93. The number of likely N-dealkylation sites (N-methyl/N-ethyl adjacent to an activating group) is 1. The first-order valence-corrected chi connectivity index (χ1v) is 6.89. The third-order valence-electron chi connectivity index (χ3n) is 3.01. The van der Waals surface area contributed by atoms with E-state index in [-0.39, 0.29) is 5.91 Å². The summed E-state index contributed by atoms with van der Waals surface area (Å²) >= 11 is 6.20. The van der Waals surface area contributed by atoms with Gasteiger partial charge in [-0.05, 0) is 19.1 Å². The molecule has 0 aliphatic carbocycles. The lowest BCUT2D eigenvalue weighted by Crippen LogP contribution is -2.30. The number of carbonyl (C=O) groups is 1. The van der Waals surface area contributed by atoms with E-state index in [0.717, 1.165) is 10.9 Å². The number of hydrogen-bond donors (Lipinski definition) is 0. The van der Waals surface area contributed by atoms with Gasteiger partial charge in [-0.15, -0.1) is 0 Å². The van der Waals surface area contributed by atoms with Crippen molar-refractivity contribution < 1.29 is 9.53 Å². The highest BCUT2D eigenvalue weighted by molar-refractivity contribution is 6.35. The lowest BCUT2D eigenvalue weighted by molar-refractivity contribution is 0.0705. The highest BCUT2D eigenvalue weighted by atomic mass is 35.5. The van der Waals surface area contributed by atoms with Crippen LogP contribution in [0.5, 0.6) is 0 Å². The first kappa shape index (κ1) is 14.8. The molecule has 106 valence electrons. The number of halogens is 1. The van der Waals surface area contributed by atoms with E-state index in [1.165, 1.54) is 0 Å². The molecule has 0 fully saturated rings. The summed E-state index contributed by atoms with van der Waals surface area (Å²) in [5.74, 6) is -0.155. The molecule has 4 nitrogen and oxygen atoms in total. The van der Waals surface area contributed by atoms with Crippen LogP contribution in [0.2, 0.25) is 5.02 Å². The van der Waals surface area contributed by atoms with Crippen LogP contribution in [-0.4, -0.2) is 42.6 Å². The normalized spacial score (nSPS) is 10.8. The van der Waals surface area contributed by atoms with Crippen molar-refractivity contribution in [1.82, 2.24) is 9.88 Å². The summed E-state index contributed by atoms with van der Waals surface area (Å²) < 4.78 is 5.24. The smallest absolute Gasteiger partial charge is 0.272 e. The quantitative estimate of drug-likeness (QED) is 0.796. The van der Waals surface area contributed by atoms with Crippen molar-refractivity contribution in [1.29, 1.82) is 0 Å². The number of fused-ring (bicyclic) bond motifs is 1. The van der Waals surface area contributed by atoms with Gasteiger partial charge >= 0.3 is 0 Å². The third kappa shape index (κ3) is 3.26. The van der Waals surface area contributed by atoms with Gasteiger partial charge in [0.15, 0.2) is 0 Å². The van der Waals surface area contributed by atoms with Crippen molar-refractivity contribution in [3.8, 4) is 0 Å². The first-order valence-electron chi connectivity index (χ1n) is 6.52. The summed E-state index contributed by atoms with van der Waals surface area (Å²) in [6.07, 6.45) is 0. The lowest BCUT2D eigenvalue weighted by Gasteiger charge is -2.17. The number of hydrogen-bond acceptors (Lipinski definition) is 3. The van der Waals surface area contributed by atoms with Crippen molar-refractivity contribution in [3.05, 3.63) is 41.0 Å². The van der Waals surface area contributed by atoms with E-state index >= 15 is 0 Å². The zero-order valence-electron chi connectivity index (χ0n) is 11.6. The fourth-order valence-corrected chi connectivity index (χ4v) is 2.15. The minimum atomic E-state index is -0.155. The minimum absolute atomic E-state index is 0.155. The monoisotopic (exact) mass is 292 g/mol. The summed E-state index contributed by atoms with van der Waals surface area (Å²) in [6.45, 7) is 3.60. The van der Waals surface area contributed by atoms with E-state index < -0.39 is 0 Å². The Morgan fingerprint density at radius 1 is 1.40 bits per heavy atom. The van der Waals surface area contributed by atoms with Crippen LogP contribution in [0.4, 0.5) is 0 Å². The fourth-order valence-electron chi connectivity index (χ4n) is 1.89. The van der Waals surface area contributed by atoms with E-state index in [9.17, 15) is 4.79 Å². The van der Waals surface area contributed by atoms with Gasteiger partial charge in [0, 0.05) is 25.6 Å². The Morgan fingerprint density at radius 2 is 2.15 bits per heavy atom. The summed E-state index contributed by atoms with van der Waals surface area (Å²) in [7, 11) is 1.73. The maximum absolute atomic E-state index is 12.3. The Labute approximate surface area is 123 Å². The fraction of sp³-hybridized carbons (Fsp3) is 0.333. The van der Waals surface area contributed by atoms with Crippen LogP contribution in [0.25, 0.3) is 10.9 Å². The van der Waals surface area contributed by atoms with E-state index in [0.29, 0.717) is 30.5 Å². The highest BCUT2D eigenvalue weighted by Crippen LogP contribution is 2.23. The molecule has 0 spiro atoms. The molecule has 0 N–H and O–H groups in total. The number of carbonyl (C=O) groups excluding carboxylic acids is 1. The SMILES string of the molecule is CCOCCN(C)C(=O)c1cc(Cl)c2ccccc2n1. The average Bonchev–Trinajstić information content (AvgIpc) is 2.46. The molecule has 0 aliphatic heterocycles. The Morgan fingerprint density at radius 3 is 2.90 bits per heavy atom. The van der Waals surface area contributed by atoms with E-state index in [2.05, 4.69) is 4.98 Å². The number of benzene rings is 1. The van der Waals surface area contributed by atoms with Crippen molar-refractivity contribution in [2.45, 2.75) is 6.92 Å². The molecule has 5 heteroatoms. The van der Waals surface area contributed by atoms with Crippen LogP contribution < -0.4 is 0 Å². The predicted octanol–water partition coefficient (Wildman–Crippen LogP) is 3.00. The predicted molar refractivity (Wildman–Crippen MR) is 80.2 cm³/mol. The first-order chi connectivity index (χ1) is 9.63. The van der Waals surface area contributed by atoms with Crippen LogP contribution >= 0.6 is 11.6 Å². The molecule has 1 amide bonds. The molecule has 1 heterocycles. The molecule has 0 unspecified atom stereocenters. The van der Waals surface area contributed by atoms with Gasteiger partial charge in [0.25, 0.3) is 5.91 Å². The molecule has 0 saturated heterocycles. The number of para-hydroxylation sites is 1. The van der Waals surface area contributed by atoms with Crippen molar-refractivity contribution in [2.75, 3.05) is 26.8 Å². The summed E-state index contributed by atoms with van der Waals surface area (Å²) in [4.78, 5) is 18.2. The largest absolute Gasteiger partial charge is 0.380 e. The van der Waals surface area contributed by atoms with Gasteiger partial charge < -0.3 is 9.64 Å². The van der Waals surface area contributed by atoms with E-state index in [1.807, 2.05) is 31.2 Å². The van der Waals surface area contributed by atoms with Gasteiger partial charge in [0.05, 0.1) is 17.1 Å². The van der Waals surface area contributed by atoms with Crippen LogP contribution in [0, 0.1) is 0 Å². The van der Waals surface area contributed by atoms with Gasteiger partial charge in [0.1, 0.15) is 5.69 Å². The second-order valence-corrected chi connectivity index (χ2v) is 4.84. The molecule has 1 aromatic carbocycles. The summed E-state index contributed by atoms with van der Waals surface area (Å²) in [6, 6.07) is 9.11. The molecule has 0 saturated carbocycles. The molecule has 2 aromatic rings. The van der Waals surface area contributed by atoms with Crippen LogP contribution in [0.3, 0.4) is 0 Å². The Bertz CT molecular complexity index is 616. The number of amides is 1.